The van der Waals surface area contributed by atoms with Gasteiger partial charge in [-0.05, 0) is 49.9 Å². The number of halogens is 3. The quantitative estimate of drug-likeness (QED) is 0.658. The third-order valence-corrected chi connectivity index (χ3v) is 7.18. The Kier molecular flexibility index (Phi) is 7.58. The first-order valence-corrected chi connectivity index (χ1v) is 11.8. The molecule has 0 saturated carbocycles. The van der Waals surface area contributed by atoms with Crippen molar-refractivity contribution in [3.8, 4) is 0 Å². The summed E-state index contributed by atoms with van der Waals surface area (Å²) in [5, 5.41) is 1.18. The lowest BCUT2D eigenvalue weighted by Gasteiger charge is -2.33. The van der Waals surface area contributed by atoms with E-state index in [2.05, 4.69) is 0 Å². The summed E-state index contributed by atoms with van der Waals surface area (Å²) in [6.45, 7) is 2.19. The highest BCUT2D eigenvalue weighted by atomic mass is 32.2. The van der Waals surface area contributed by atoms with Gasteiger partial charge in [-0.3, -0.25) is 9.80 Å². The Morgan fingerprint density at radius 1 is 1.00 bits per heavy atom. The van der Waals surface area contributed by atoms with Crippen molar-refractivity contribution in [1.82, 2.24) is 9.42 Å². The lowest BCUT2D eigenvalue weighted by atomic mass is 10.0. The maximum absolute atomic E-state index is 13.9. The molecule has 1 aliphatic heterocycles. The van der Waals surface area contributed by atoms with Gasteiger partial charge in [-0.15, -0.1) is 4.41 Å². The van der Waals surface area contributed by atoms with Crippen LogP contribution in [0.3, 0.4) is 0 Å². The highest BCUT2D eigenvalue weighted by Gasteiger charge is 2.34. The number of aryl methyl sites for hydroxylation is 1. The lowest BCUT2D eigenvalue weighted by Crippen LogP contribution is -2.50. The van der Waals surface area contributed by atoms with Crippen LogP contribution in [-0.2, 0) is 21.2 Å². The zero-order valence-electron chi connectivity index (χ0n) is 17.7. The van der Waals surface area contributed by atoms with E-state index in [4.69, 9.17) is 5.73 Å². The van der Waals surface area contributed by atoms with Crippen molar-refractivity contribution in [2.75, 3.05) is 13.1 Å². The molecule has 0 radical (unpaired) electrons. The molecule has 2 aromatic rings. The molecule has 0 bridgehead atoms. The fraction of sp³-hybridized carbons (Fsp3) is 0.409. The summed E-state index contributed by atoms with van der Waals surface area (Å²) in [4.78, 5) is 13.1. The van der Waals surface area contributed by atoms with Crippen molar-refractivity contribution in [3.05, 3.63) is 65.0 Å². The van der Waals surface area contributed by atoms with Gasteiger partial charge in [-0.25, -0.2) is 21.6 Å². The number of carbonyl (C=O) groups excluding carboxylic acids is 1. The molecule has 1 fully saturated rings. The van der Waals surface area contributed by atoms with Gasteiger partial charge in [0.25, 0.3) is 10.0 Å². The van der Waals surface area contributed by atoms with Crippen molar-refractivity contribution in [2.45, 2.75) is 50.0 Å². The first kappa shape index (κ1) is 24.2. The van der Waals surface area contributed by atoms with Crippen LogP contribution in [0.25, 0.3) is 0 Å². The van der Waals surface area contributed by atoms with Gasteiger partial charge < -0.3 is 5.73 Å². The fourth-order valence-corrected chi connectivity index (χ4v) is 5.18. The maximum atomic E-state index is 13.9. The number of nitrogens with zero attached hydrogens (tertiary/aromatic N) is 2. The van der Waals surface area contributed by atoms with Crippen LogP contribution in [0, 0.1) is 24.4 Å². The molecular formula is C22H26F3N3O3S. The number of carbonyl (C=O) groups is 1. The van der Waals surface area contributed by atoms with Crippen LogP contribution >= 0.6 is 0 Å². The van der Waals surface area contributed by atoms with E-state index < -0.39 is 39.4 Å². The Morgan fingerprint density at radius 2 is 1.62 bits per heavy atom. The molecule has 10 heteroatoms. The number of sulfonamides is 1. The summed E-state index contributed by atoms with van der Waals surface area (Å²) in [6, 6.07) is 6.60. The molecule has 6 nitrogen and oxygen atoms in total. The average molecular weight is 470 g/mol. The number of rotatable bonds is 6. The van der Waals surface area contributed by atoms with Crippen molar-refractivity contribution in [1.29, 1.82) is 0 Å². The van der Waals surface area contributed by atoms with Gasteiger partial charge in [-0.2, -0.15) is 0 Å². The zero-order chi connectivity index (χ0) is 23.5. The third-order valence-electron chi connectivity index (χ3n) is 5.38. The molecule has 2 aromatic carbocycles. The van der Waals surface area contributed by atoms with Gasteiger partial charge in [0.05, 0.1) is 4.90 Å². The van der Waals surface area contributed by atoms with Gasteiger partial charge >= 0.3 is 0 Å². The van der Waals surface area contributed by atoms with Crippen molar-refractivity contribution in [2.24, 2.45) is 5.73 Å². The van der Waals surface area contributed by atoms with E-state index in [1.54, 1.807) is 12.1 Å². The second kappa shape index (κ2) is 10.0. The van der Waals surface area contributed by atoms with Gasteiger partial charge in [0, 0.05) is 31.6 Å². The molecule has 2 N–H and O–H groups in total. The number of hydrogen-bond donors (Lipinski definition) is 1. The Morgan fingerprint density at radius 3 is 2.31 bits per heavy atom. The van der Waals surface area contributed by atoms with Crippen LogP contribution in [0.5, 0.6) is 0 Å². The number of nitrogens with two attached hydrogens (primary N) is 1. The smallest absolute Gasteiger partial charge is 0.260 e. The summed E-state index contributed by atoms with van der Waals surface area (Å²) in [5.74, 6) is -4.00. The second-order valence-electron chi connectivity index (χ2n) is 7.97. The molecular weight excluding hydrogens is 443 g/mol. The average Bonchev–Trinajstić information content (AvgIpc) is 2.99. The lowest BCUT2D eigenvalue weighted by molar-refractivity contribution is -0.141. The van der Waals surface area contributed by atoms with Gasteiger partial charge in [0.1, 0.15) is 5.82 Å². The summed E-state index contributed by atoms with van der Waals surface area (Å²) < 4.78 is 68.1. The Bertz CT molecular complexity index is 1080. The molecule has 174 valence electrons. The number of benzene rings is 2. The minimum absolute atomic E-state index is 0.0796. The zero-order valence-corrected chi connectivity index (χ0v) is 18.5. The predicted octanol–water partition coefficient (Wildman–Crippen LogP) is 3.29. The topological polar surface area (TPSA) is 83.7 Å². The third kappa shape index (κ3) is 5.48. The monoisotopic (exact) mass is 469 g/mol. The normalized spacial score (nSPS) is 16.6. The highest BCUT2D eigenvalue weighted by Crippen LogP contribution is 2.23. The second-order valence-corrected chi connectivity index (χ2v) is 9.81. The van der Waals surface area contributed by atoms with Crippen LogP contribution in [0.15, 0.2) is 41.3 Å². The number of hydrogen-bond acceptors (Lipinski definition) is 4. The van der Waals surface area contributed by atoms with E-state index in [1.165, 1.54) is 17.1 Å². The van der Waals surface area contributed by atoms with Crippen LogP contribution in [0.4, 0.5) is 13.2 Å². The Hall–Kier alpha value is -2.43. The standard InChI is InChI=1S/C22H26F3N3O3S/c1-15-5-7-18(8-6-15)32(30,31)28-10-4-2-3-9-27(28)22(29)13-17(26)11-16-12-20(24)21(25)14-19(16)23/h5-8,12,14,17H,2-4,9-11,13,26H2,1H3/t17-/m1/s1. The molecule has 0 spiro atoms. The van der Waals surface area contributed by atoms with Crippen molar-refractivity contribution in [3.63, 3.8) is 0 Å². The Labute approximate surface area is 185 Å². The van der Waals surface area contributed by atoms with Crippen LogP contribution in [0.2, 0.25) is 0 Å². The van der Waals surface area contributed by atoms with E-state index in [0.29, 0.717) is 18.9 Å². The SMILES string of the molecule is Cc1ccc(S(=O)(=O)N2CCCCCN2C(=O)C[C@H](N)Cc2cc(F)c(F)cc2F)cc1. The van der Waals surface area contributed by atoms with Crippen LogP contribution < -0.4 is 5.73 Å². The molecule has 0 aliphatic carbocycles. The maximum Gasteiger partial charge on any atom is 0.260 e. The molecule has 0 unspecified atom stereocenters. The molecule has 32 heavy (non-hydrogen) atoms. The van der Waals surface area contributed by atoms with E-state index in [1.807, 2.05) is 6.92 Å². The van der Waals surface area contributed by atoms with Gasteiger partial charge in [0.2, 0.25) is 5.91 Å². The minimum Gasteiger partial charge on any atom is -0.327 e. The van der Waals surface area contributed by atoms with E-state index in [0.717, 1.165) is 22.5 Å². The summed E-state index contributed by atoms with van der Waals surface area (Å²) in [6.07, 6.45) is 1.50. The Balaban J connectivity index is 1.78. The summed E-state index contributed by atoms with van der Waals surface area (Å²) in [7, 11) is -3.96. The van der Waals surface area contributed by atoms with Crippen molar-refractivity contribution >= 4 is 15.9 Å². The predicted molar refractivity (Wildman–Crippen MR) is 113 cm³/mol. The van der Waals surface area contributed by atoms with Crippen molar-refractivity contribution < 1.29 is 26.4 Å². The molecule has 1 aliphatic rings. The van der Waals surface area contributed by atoms with Crippen LogP contribution in [-0.4, -0.2) is 42.9 Å². The minimum atomic E-state index is -3.96. The fourth-order valence-electron chi connectivity index (χ4n) is 3.65. The van der Waals surface area contributed by atoms with E-state index >= 15 is 0 Å². The largest absolute Gasteiger partial charge is 0.327 e. The molecule has 1 amide bonds. The highest BCUT2D eigenvalue weighted by molar-refractivity contribution is 7.89. The first-order chi connectivity index (χ1) is 15.1. The van der Waals surface area contributed by atoms with E-state index in [9.17, 15) is 26.4 Å². The first-order valence-electron chi connectivity index (χ1n) is 10.4. The molecule has 3 rings (SSSR count). The number of hydrazine groups is 1. The summed E-state index contributed by atoms with van der Waals surface area (Å²) in [5.41, 5.74) is 6.75. The molecule has 1 heterocycles. The molecule has 1 saturated heterocycles. The molecule has 1 atom stereocenters. The van der Waals surface area contributed by atoms with Gasteiger partial charge in [-0.1, -0.05) is 24.1 Å². The summed E-state index contributed by atoms with van der Waals surface area (Å²) >= 11 is 0. The van der Waals surface area contributed by atoms with E-state index in [-0.39, 0.29) is 36.4 Å². The van der Waals surface area contributed by atoms with Crippen LogP contribution in [0.1, 0.15) is 36.8 Å². The van der Waals surface area contributed by atoms with Gasteiger partial charge in [0.15, 0.2) is 11.6 Å². The number of amides is 1. The molecule has 0 aromatic heterocycles.